The van der Waals surface area contributed by atoms with Gasteiger partial charge in [-0.05, 0) is 30.9 Å². The minimum absolute atomic E-state index is 0.483. The normalized spacial score (nSPS) is 12.8. The van der Waals surface area contributed by atoms with Crippen LogP contribution in [0.2, 0.25) is 0 Å². The van der Waals surface area contributed by atoms with Gasteiger partial charge in [0.2, 0.25) is 0 Å². The van der Waals surface area contributed by atoms with Gasteiger partial charge in [-0.15, -0.1) is 0 Å². The van der Waals surface area contributed by atoms with E-state index in [0.29, 0.717) is 6.04 Å². The van der Waals surface area contributed by atoms with E-state index in [1.54, 1.807) is 0 Å². The van der Waals surface area contributed by atoms with Crippen LogP contribution in [0.1, 0.15) is 24.1 Å². The Balaban J connectivity index is 2.80. The number of nitrogens with one attached hydrogen (secondary N) is 1. The zero-order chi connectivity index (χ0) is 10.4. The van der Waals surface area contributed by atoms with E-state index in [9.17, 15) is 0 Å². The smallest absolute Gasteiger partial charge is 0.0409 e. The fourth-order valence-electron chi connectivity index (χ4n) is 1.54. The van der Waals surface area contributed by atoms with Crippen molar-refractivity contribution in [3.05, 3.63) is 35.4 Å². The number of rotatable bonds is 5. The van der Waals surface area contributed by atoms with Gasteiger partial charge >= 0.3 is 0 Å². The molecule has 0 spiro atoms. The van der Waals surface area contributed by atoms with Crippen LogP contribution in [-0.2, 0) is 6.42 Å². The lowest BCUT2D eigenvalue weighted by Crippen LogP contribution is -2.18. The summed E-state index contributed by atoms with van der Waals surface area (Å²) >= 11 is 1.88. The van der Waals surface area contributed by atoms with Crippen LogP contribution in [0.5, 0.6) is 0 Å². The number of aryl methyl sites for hydroxylation is 1. The standard InChI is InChI=1S/C12H19NS/c1-4-10-6-5-7-11(8-10)12(13-2)9-14-3/h5-8,12-13H,4,9H2,1-3H3. The van der Waals surface area contributed by atoms with Crippen molar-refractivity contribution in [2.75, 3.05) is 19.1 Å². The molecule has 0 saturated carbocycles. The SMILES string of the molecule is CCc1cccc(C(CSC)NC)c1. The average molecular weight is 209 g/mol. The van der Waals surface area contributed by atoms with E-state index in [2.05, 4.69) is 42.8 Å². The highest BCUT2D eigenvalue weighted by atomic mass is 32.2. The molecule has 1 atom stereocenters. The van der Waals surface area contributed by atoms with Crippen LogP contribution in [0.4, 0.5) is 0 Å². The van der Waals surface area contributed by atoms with Crippen LogP contribution >= 0.6 is 11.8 Å². The molecule has 78 valence electrons. The van der Waals surface area contributed by atoms with E-state index in [0.717, 1.165) is 12.2 Å². The summed E-state index contributed by atoms with van der Waals surface area (Å²) in [6.45, 7) is 2.20. The summed E-state index contributed by atoms with van der Waals surface area (Å²) in [6.07, 6.45) is 3.26. The lowest BCUT2D eigenvalue weighted by molar-refractivity contribution is 0.661. The lowest BCUT2D eigenvalue weighted by atomic mass is 10.0. The second kappa shape index (κ2) is 6.10. The molecule has 1 rings (SSSR count). The minimum Gasteiger partial charge on any atom is -0.312 e. The molecule has 0 aromatic heterocycles. The van der Waals surface area contributed by atoms with E-state index < -0.39 is 0 Å². The first-order valence-corrected chi connectivity index (χ1v) is 6.46. The average Bonchev–Trinajstić information content (AvgIpc) is 2.26. The maximum absolute atomic E-state index is 3.35. The maximum Gasteiger partial charge on any atom is 0.0409 e. The highest BCUT2D eigenvalue weighted by Crippen LogP contribution is 2.18. The second-order valence-electron chi connectivity index (χ2n) is 3.40. The molecule has 1 N–H and O–H groups in total. The van der Waals surface area contributed by atoms with Gasteiger partial charge in [0.05, 0.1) is 0 Å². The second-order valence-corrected chi connectivity index (χ2v) is 4.31. The maximum atomic E-state index is 3.35. The van der Waals surface area contributed by atoms with Gasteiger partial charge in [0.1, 0.15) is 0 Å². The molecule has 0 radical (unpaired) electrons. The van der Waals surface area contributed by atoms with Crippen LogP contribution in [0.25, 0.3) is 0 Å². The van der Waals surface area contributed by atoms with Gasteiger partial charge in [-0.25, -0.2) is 0 Å². The molecule has 0 amide bonds. The minimum atomic E-state index is 0.483. The molecule has 2 heteroatoms. The van der Waals surface area contributed by atoms with Crippen LogP contribution in [0.15, 0.2) is 24.3 Å². The van der Waals surface area contributed by atoms with Crippen molar-refractivity contribution >= 4 is 11.8 Å². The highest BCUT2D eigenvalue weighted by molar-refractivity contribution is 7.98. The summed E-state index contributed by atoms with van der Waals surface area (Å²) in [5.41, 5.74) is 2.82. The van der Waals surface area contributed by atoms with E-state index in [1.165, 1.54) is 11.1 Å². The first-order chi connectivity index (χ1) is 6.81. The Labute approximate surface area is 91.3 Å². The largest absolute Gasteiger partial charge is 0.312 e. The van der Waals surface area contributed by atoms with Crippen molar-refractivity contribution in [2.24, 2.45) is 0 Å². The molecule has 1 aromatic rings. The Morgan fingerprint density at radius 1 is 1.43 bits per heavy atom. The predicted octanol–water partition coefficient (Wildman–Crippen LogP) is 2.87. The van der Waals surface area contributed by atoms with Gasteiger partial charge in [-0.3, -0.25) is 0 Å². The first-order valence-electron chi connectivity index (χ1n) is 5.06. The highest BCUT2D eigenvalue weighted by Gasteiger charge is 2.07. The van der Waals surface area contributed by atoms with Gasteiger partial charge in [0, 0.05) is 11.8 Å². The van der Waals surface area contributed by atoms with Crippen molar-refractivity contribution in [3.8, 4) is 0 Å². The van der Waals surface area contributed by atoms with Gasteiger partial charge in [0.25, 0.3) is 0 Å². The zero-order valence-electron chi connectivity index (χ0n) is 9.21. The summed E-state index contributed by atoms with van der Waals surface area (Å²) in [6, 6.07) is 9.33. The quantitative estimate of drug-likeness (QED) is 0.800. The van der Waals surface area contributed by atoms with E-state index in [1.807, 2.05) is 18.8 Å². The monoisotopic (exact) mass is 209 g/mol. The molecule has 0 aliphatic rings. The van der Waals surface area contributed by atoms with Crippen molar-refractivity contribution in [3.63, 3.8) is 0 Å². The summed E-state index contributed by atoms with van der Waals surface area (Å²) < 4.78 is 0. The van der Waals surface area contributed by atoms with Crippen molar-refractivity contribution in [1.82, 2.24) is 5.32 Å². The Morgan fingerprint density at radius 3 is 2.79 bits per heavy atom. The Kier molecular flexibility index (Phi) is 5.05. The molecule has 0 aliphatic carbocycles. The molecule has 0 saturated heterocycles. The lowest BCUT2D eigenvalue weighted by Gasteiger charge is -2.15. The third-order valence-electron chi connectivity index (χ3n) is 2.44. The van der Waals surface area contributed by atoms with Crippen molar-refractivity contribution < 1.29 is 0 Å². The first kappa shape index (κ1) is 11.6. The topological polar surface area (TPSA) is 12.0 Å². The van der Waals surface area contributed by atoms with Gasteiger partial charge < -0.3 is 5.32 Å². The summed E-state index contributed by atoms with van der Waals surface area (Å²) in [5, 5.41) is 3.35. The predicted molar refractivity (Wildman–Crippen MR) is 66.0 cm³/mol. The molecule has 14 heavy (non-hydrogen) atoms. The van der Waals surface area contributed by atoms with Crippen LogP contribution in [0.3, 0.4) is 0 Å². The van der Waals surface area contributed by atoms with Gasteiger partial charge in [-0.1, -0.05) is 31.2 Å². The molecule has 0 heterocycles. The third-order valence-corrected chi connectivity index (χ3v) is 3.11. The number of thioether (sulfide) groups is 1. The summed E-state index contributed by atoms with van der Waals surface area (Å²) in [4.78, 5) is 0. The number of hydrogen-bond acceptors (Lipinski definition) is 2. The third kappa shape index (κ3) is 3.03. The summed E-state index contributed by atoms with van der Waals surface area (Å²) in [5.74, 6) is 1.13. The fourth-order valence-corrected chi connectivity index (χ4v) is 2.24. The Hall–Kier alpha value is -0.470. The van der Waals surface area contributed by atoms with Gasteiger partial charge in [0.15, 0.2) is 0 Å². The van der Waals surface area contributed by atoms with Crippen LogP contribution in [0, 0.1) is 0 Å². The zero-order valence-corrected chi connectivity index (χ0v) is 10.0. The molecule has 1 aromatic carbocycles. The number of hydrogen-bond donors (Lipinski definition) is 1. The fraction of sp³-hybridized carbons (Fsp3) is 0.500. The van der Waals surface area contributed by atoms with Crippen molar-refractivity contribution in [1.29, 1.82) is 0 Å². The molecule has 1 nitrogen and oxygen atoms in total. The van der Waals surface area contributed by atoms with E-state index in [-0.39, 0.29) is 0 Å². The van der Waals surface area contributed by atoms with Crippen LogP contribution < -0.4 is 5.32 Å². The molecular weight excluding hydrogens is 190 g/mol. The molecule has 0 fully saturated rings. The van der Waals surface area contributed by atoms with Crippen LogP contribution in [-0.4, -0.2) is 19.1 Å². The van der Waals surface area contributed by atoms with Crippen molar-refractivity contribution in [2.45, 2.75) is 19.4 Å². The molecule has 0 bridgehead atoms. The summed E-state index contributed by atoms with van der Waals surface area (Å²) in [7, 11) is 2.03. The molecule has 0 aliphatic heterocycles. The Bertz CT molecular complexity index is 273. The molecular formula is C12H19NS. The number of benzene rings is 1. The Morgan fingerprint density at radius 2 is 2.21 bits per heavy atom. The van der Waals surface area contributed by atoms with E-state index >= 15 is 0 Å². The van der Waals surface area contributed by atoms with Gasteiger partial charge in [-0.2, -0.15) is 11.8 Å². The van der Waals surface area contributed by atoms with E-state index in [4.69, 9.17) is 0 Å². The molecule has 1 unspecified atom stereocenters.